The number of rotatable bonds is 4. The molecule has 0 aliphatic heterocycles. The number of aryl methyl sites for hydroxylation is 1. The Balaban J connectivity index is 2.15. The third kappa shape index (κ3) is 3.29. The average molecular weight is 313 g/mol. The van der Waals surface area contributed by atoms with E-state index in [4.69, 9.17) is 23.2 Å². The summed E-state index contributed by atoms with van der Waals surface area (Å²) in [7, 11) is 0. The van der Waals surface area contributed by atoms with Crippen molar-refractivity contribution >= 4 is 23.2 Å². The molecule has 0 saturated carbocycles. The fourth-order valence-corrected chi connectivity index (χ4v) is 2.68. The van der Waals surface area contributed by atoms with E-state index in [2.05, 4.69) is 10.3 Å². The van der Waals surface area contributed by atoms with E-state index in [1.165, 1.54) is 12.1 Å². The molecule has 1 heterocycles. The minimum atomic E-state index is -0.461. The van der Waals surface area contributed by atoms with E-state index < -0.39 is 5.82 Å². The summed E-state index contributed by atoms with van der Waals surface area (Å²) in [5.74, 6) is -0.461. The van der Waals surface area contributed by atoms with Crippen LogP contribution in [0.15, 0.2) is 30.6 Å². The molecule has 2 aromatic rings. The third-order valence-electron chi connectivity index (χ3n) is 3.26. The second-order valence-corrected chi connectivity index (χ2v) is 5.45. The molecule has 20 heavy (non-hydrogen) atoms. The van der Waals surface area contributed by atoms with Gasteiger partial charge in [-0.25, -0.2) is 4.39 Å². The number of benzene rings is 1. The zero-order valence-corrected chi connectivity index (χ0v) is 12.8. The van der Waals surface area contributed by atoms with Crippen LogP contribution in [0.2, 0.25) is 10.0 Å². The van der Waals surface area contributed by atoms with Gasteiger partial charge in [0.15, 0.2) is 0 Å². The highest BCUT2D eigenvalue weighted by molar-refractivity contribution is 6.36. The van der Waals surface area contributed by atoms with Crippen LogP contribution in [0.1, 0.15) is 29.7 Å². The minimum absolute atomic E-state index is 0.0698. The highest BCUT2D eigenvalue weighted by atomic mass is 35.5. The first kappa shape index (κ1) is 15.2. The molecule has 0 aliphatic rings. The van der Waals surface area contributed by atoms with Gasteiger partial charge in [0.1, 0.15) is 5.82 Å². The van der Waals surface area contributed by atoms with E-state index in [1.54, 1.807) is 6.20 Å². The lowest BCUT2D eigenvalue weighted by atomic mass is 10.1. The van der Waals surface area contributed by atoms with Gasteiger partial charge >= 0.3 is 0 Å². The van der Waals surface area contributed by atoms with Crippen LogP contribution in [0.4, 0.5) is 4.39 Å². The van der Waals surface area contributed by atoms with E-state index >= 15 is 0 Å². The molecule has 1 aromatic carbocycles. The molecule has 0 saturated heterocycles. The van der Waals surface area contributed by atoms with Crippen molar-refractivity contribution in [3.8, 4) is 0 Å². The zero-order chi connectivity index (χ0) is 14.7. The summed E-state index contributed by atoms with van der Waals surface area (Å²) in [6, 6.07) is 4.58. The van der Waals surface area contributed by atoms with Crippen LogP contribution in [0, 0.1) is 12.7 Å². The first-order chi connectivity index (χ1) is 9.50. The van der Waals surface area contributed by atoms with Gasteiger partial charge in [-0.15, -0.1) is 0 Å². The summed E-state index contributed by atoms with van der Waals surface area (Å²) in [6.07, 6.45) is 3.56. The smallest absolute Gasteiger partial charge is 0.142 e. The number of hydrogen-bond acceptors (Lipinski definition) is 2. The van der Waals surface area contributed by atoms with Crippen molar-refractivity contribution in [1.29, 1.82) is 0 Å². The lowest BCUT2D eigenvalue weighted by molar-refractivity contribution is 0.564. The molecule has 0 spiro atoms. The Labute approximate surface area is 127 Å². The molecule has 2 nitrogen and oxygen atoms in total. The molecule has 2 rings (SSSR count). The molecule has 1 atom stereocenters. The van der Waals surface area contributed by atoms with Crippen molar-refractivity contribution in [3.63, 3.8) is 0 Å². The Kier molecular flexibility index (Phi) is 4.97. The summed E-state index contributed by atoms with van der Waals surface area (Å²) < 4.78 is 13.5. The Morgan fingerprint density at radius 2 is 2.05 bits per heavy atom. The van der Waals surface area contributed by atoms with E-state index in [-0.39, 0.29) is 11.1 Å². The van der Waals surface area contributed by atoms with E-state index in [0.29, 0.717) is 17.1 Å². The molecule has 1 unspecified atom stereocenters. The van der Waals surface area contributed by atoms with Gasteiger partial charge < -0.3 is 5.32 Å². The Bertz CT molecular complexity index is 617. The Morgan fingerprint density at radius 3 is 2.75 bits per heavy atom. The molecular weight excluding hydrogens is 298 g/mol. The van der Waals surface area contributed by atoms with Gasteiger partial charge in [0.25, 0.3) is 0 Å². The third-order valence-corrected chi connectivity index (χ3v) is 3.97. The fraction of sp³-hybridized carbons (Fsp3) is 0.267. The van der Waals surface area contributed by atoms with Crippen molar-refractivity contribution in [1.82, 2.24) is 10.3 Å². The lowest BCUT2D eigenvalue weighted by Crippen LogP contribution is -2.19. The highest BCUT2D eigenvalue weighted by Gasteiger charge is 2.16. The normalized spacial score (nSPS) is 12.4. The first-order valence-corrected chi connectivity index (χ1v) is 7.02. The van der Waals surface area contributed by atoms with Crippen molar-refractivity contribution in [3.05, 3.63) is 63.1 Å². The number of halogens is 3. The number of nitrogens with one attached hydrogen (secondary N) is 1. The maximum Gasteiger partial charge on any atom is 0.142 e. The molecule has 0 bridgehead atoms. The molecule has 1 N–H and O–H groups in total. The van der Waals surface area contributed by atoms with Crippen LogP contribution in [-0.4, -0.2) is 4.98 Å². The first-order valence-electron chi connectivity index (χ1n) is 6.27. The molecule has 0 aliphatic carbocycles. The van der Waals surface area contributed by atoms with Gasteiger partial charge in [0.2, 0.25) is 0 Å². The summed E-state index contributed by atoms with van der Waals surface area (Å²) in [6.45, 7) is 4.54. The number of pyridine rings is 1. The molecule has 106 valence electrons. The average Bonchev–Trinajstić information content (AvgIpc) is 2.42. The number of nitrogens with zero attached hydrogens (tertiary/aromatic N) is 1. The number of hydrogen-bond donors (Lipinski definition) is 1. The lowest BCUT2D eigenvalue weighted by Gasteiger charge is -2.18. The predicted octanol–water partition coefficient (Wildman–Crippen LogP) is 4.69. The standard InChI is InChI=1S/C15H15Cl2FN2/c1-9-5-6-19-7-11(9)8-20-10(2)14-12(16)3-4-13(18)15(14)17/h3-7,10,20H,8H2,1-2H3. The van der Waals surface area contributed by atoms with Crippen molar-refractivity contribution in [2.45, 2.75) is 26.4 Å². The van der Waals surface area contributed by atoms with Crippen LogP contribution in [-0.2, 0) is 6.54 Å². The topological polar surface area (TPSA) is 24.9 Å². The van der Waals surface area contributed by atoms with Gasteiger partial charge in [-0.1, -0.05) is 23.2 Å². The van der Waals surface area contributed by atoms with Crippen LogP contribution in [0.5, 0.6) is 0 Å². The molecular formula is C15H15Cl2FN2. The van der Waals surface area contributed by atoms with Crippen molar-refractivity contribution < 1.29 is 4.39 Å². The fourth-order valence-electron chi connectivity index (χ4n) is 1.99. The van der Waals surface area contributed by atoms with Gasteiger partial charge in [-0.05, 0) is 43.2 Å². The Hall–Kier alpha value is -1.16. The van der Waals surface area contributed by atoms with Crippen LogP contribution >= 0.6 is 23.2 Å². The highest BCUT2D eigenvalue weighted by Crippen LogP contribution is 2.32. The molecule has 5 heteroatoms. The molecule has 0 radical (unpaired) electrons. The Morgan fingerprint density at radius 1 is 1.30 bits per heavy atom. The van der Waals surface area contributed by atoms with Crippen molar-refractivity contribution in [2.75, 3.05) is 0 Å². The summed E-state index contributed by atoms with van der Waals surface area (Å²) in [5, 5.41) is 3.82. The van der Waals surface area contributed by atoms with Crippen LogP contribution in [0.25, 0.3) is 0 Å². The number of aromatic nitrogens is 1. The summed E-state index contributed by atoms with van der Waals surface area (Å²) >= 11 is 12.1. The van der Waals surface area contributed by atoms with Gasteiger partial charge in [0, 0.05) is 35.6 Å². The second kappa shape index (κ2) is 6.53. The monoisotopic (exact) mass is 312 g/mol. The van der Waals surface area contributed by atoms with Crippen molar-refractivity contribution in [2.24, 2.45) is 0 Å². The maximum absolute atomic E-state index is 13.5. The van der Waals surface area contributed by atoms with Gasteiger partial charge in [-0.2, -0.15) is 0 Å². The van der Waals surface area contributed by atoms with Gasteiger partial charge in [-0.3, -0.25) is 4.98 Å². The molecule has 1 aromatic heterocycles. The van der Waals surface area contributed by atoms with Crippen LogP contribution < -0.4 is 5.32 Å². The van der Waals surface area contributed by atoms with Gasteiger partial charge in [0.05, 0.1) is 5.02 Å². The van der Waals surface area contributed by atoms with E-state index in [1.807, 2.05) is 26.1 Å². The van der Waals surface area contributed by atoms with E-state index in [9.17, 15) is 4.39 Å². The zero-order valence-electron chi connectivity index (χ0n) is 11.3. The predicted molar refractivity (Wildman–Crippen MR) is 80.6 cm³/mol. The summed E-state index contributed by atoms with van der Waals surface area (Å²) in [4.78, 5) is 4.09. The largest absolute Gasteiger partial charge is 0.306 e. The molecule has 0 amide bonds. The summed E-state index contributed by atoms with van der Waals surface area (Å²) in [5.41, 5.74) is 2.81. The minimum Gasteiger partial charge on any atom is -0.306 e. The van der Waals surface area contributed by atoms with Crippen LogP contribution in [0.3, 0.4) is 0 Å². The SMILES string of the molecule is Cc1ccncc1CNC(C)c1c(Cl)ccc(F)c1Cl. The molecule has 0 fully saturated rings. The maximum atomic E-state index is 13.5. The van der Waals surface area contributed by atoms with E-state index in [0.717, 1.165) is 11.1 Å². The quantitative estimate of drug-likeness (QED) is 0.829. The second-order valence-electron chi connectivity index (χ2n) is 4.66.